The van der Waals surface area contributed by atoms with Crippen molar-refractivity contribution in [3.8, 4) is 0 Å². The maximum Gasteiger partial charge on any atom is 0.698 e. The highest BCUT2D eigenvalue weighted by Crippen LogP contribution is 2.07. The second kappa shape index (κ2) is 6.35. The highest BCUT2D eigenvalue weighted by atomic mass is 28.4. The van der Waals surface area contributed by atoms with Gasteiger partial charge in [0.2, 0.25) is 0 Å². The molecule has 15 heavy (non-hydrogen) atoms. The van der Waals surface area contributed by atoms with E-state index in [0.717, 1.165) is 0 Å². The van der Waals surface area contributed by atoms with Gasteiger partial charge in [0.15, 0.2) is 9.04 Å². The van der Waals surface area contributed by atoms with E-state index in [4.69, 9.17) is 22.6 Å². The number of rotatable bonds is 7. The molecule has 0 aliphatic heterocycles. The van der Waals surface area contributed by atoms with Gasteiger partial charge in [0.25, 0.3) is 0 Å². The molecule has 0 saturated heterocycles. The predicted octanol–water partition coefficient (Wildman–Crippen LogP) is -1.94. The van der Waals surface area contributed by atoms with Crippen molar-refractivity contribution in [2.24, 2.45) is 0 Å². The van der Waals surface area contributed by atoms with Crippen LogP contribution in [0.2, 0.25) is 26.2 Å². The van der Waals surface area contributed by atoms with Gasteiger partial charge in [-0.05, 0) is 26.2 Å². The topological polar surface area (TPSA) is 97.6 Å². The maximum absolute atomic E-state index is 8.45. The van der Waals surface area contributed by atoms with E-state index >= 15 is 0 Å². The molecule has 11 heteroatoms. The molecule has 7 nitrogen and oxygen atoms in total. The lowest BCUT2D eigenvalue weighted by molar-refractivity contribution is -0.185. The third-order valence-electron chi connectivity index (χ3n) is 1.14. The molecule has 0 saturated carbocycles. The molecule has 0 aromatic carbocycles. The summed E-state index contributed by atoms with van der Waals surface area (Å²) in [6.07, 6.45) is 0. The fourth-order valence-electron chi connectivity index (χ4n) is 0.871. The zero-order valence-corrected chi connectivity index (χ0v) is 13.8. The van der Waals surface area contributed by atoms with Crippen LogP contribution >= 0.6 is 0 Å². The van der Waals surface area contributed by atoms with Crippen LogP contribution in [-0.4, -0.2) is 51.0 Å². The molecule has 0 spiro atoms. The first kappa shape index (κ1) is 15.6. The highest BCUT2D eigenvalue weighted by Gasteiger charge is 2.33. The SMILES string of the molecule is C[SiH](C)O[Si](C)(C)O[SiH2]OO[Si](O)(O)O. The number of hydrogen-bond donors (Lipinski definition) is 3. The normalized spacial score (nSPS) is 14.4. The van der Waals surface area contributed by atoms with Crippen molar-refractivity contribution in [1.29, 1.82) is 0 Å². The summed E-state index contributed by atoms with van der Waals surface area (Å²) in [5.74, 6) is 0. The molecule has 0 aromatic rings. The van der Waals surface area contributed by atoms with Crippen LogP contribution in [0.5, 0.6) is 0 Å². The van der Waals surface area contributed by atoms with Gasteiger partial charge in [-0.1, -0.05) is 0 Å². The summed E-state index contributed by atoms with van der Waals surface area (Å²) in [6, 6.07) is 0. The molecule has 0 amide bonds. The second-order valence-corrected chi connectivity index (χ2v) is 12.4. The van der Waals surface area contributed by atoms with Crippen LogP contribution < -0.4 is 0 Å². The van der Waals surface area contributed by atoms with E-state index in [0.29, 0.717) is 0 Å². The smallest absolute Gasteiger partial charge is 0.440 e. The minimum absolute atomic E-state index is 1.16. The van der Waals surface area contributed by atoms with E-state index in [9.17, 15) is 0 Å². The minimum atomic E-state index is -4.57. The lowest BCUT2D eigenvalue weighted by Crippen LogP contribution is -2.43. The third kappa shape index (κ3) is 10.9. The van der Waals surface area contributed by atoms with Crippen LogP contribution in [0, 0.1) is 0 Å². The Balaban J connectivity index is 3.66. The van der Waals surface area contributed by atoms with E-state index in [1.165, 1.54) is 0 Å². The molecule has 0 bridgehead atoms. The van der Waals surface area contributed by atoms with Crippen molar-refractivity contribution in [2.75, 3.05) is 0 Å². The monoisotopic (exact) mass is 290 g/mol. The lowest BCUT2D eigenvalue weighted by atomic mass is 11.9. The van der Waals surface area contributed by atoms with Crippen LogP contribution in [-0.2, 0) is 17.4 Å². The first-order valence-corrected chi connectivity index (χ1v) is 12.9. The van der Waals surface area contributed by atoms with Gasteiger partial charge >= 0.3 is 27.6 Å². The van der Waals surface area contributed by atoms with E-state index in [2.05, 4.69) is 9.15 Å². The Kier molecular flexibility index (Phi) is 6.60. The Hall–Kier alpha value is 0.588. The Morgan fingerprint density at radius 2 is 1.67 bits per heavy atom. The van der Waals surface area contributed by atoms with Gasteiger partial charge in [0.1, 0.15) is 0 Å². The van der Waals surface area contributed by atoms with E-state index in [-0.39, 0.29) is 0 Å². The van der Waals surface area contributed by atoms with Gasteiger partial charge in [0.05, 0.1) is 0 Å². The molecule has 0 atom stereocenters. The lowest BCUT2D eigenvalue weighted by Gasteiger charge is -2.25. The first-order valence-electron chi connectivity index (χ1n) is 4.42. The Morgan fingerprint density at radius 1 is 1.13 bits per heavy atom. The average molecular weight is 291 g/mol. The van der Waals surface area contributed by atoms with Crippen LogP contribution in [0.1, 0.15) is 0 Å². The summed E-state index contributed by atoms with van der Waals surface area (Å²) < 4.78 is 19.4. The molecule has 0 rings (SSSR count). The Labute approximate surface area is 95.0 Å². The van der Waals surface area contributed by atoms with Crippen molar-refractivity contribution in [2.45, 2.75) is 26.2 Å². The molecular formula is C4H18O7Si4. The second-order valence-electron chi connectivity index (χ2n) is 3.60. The molecule has 92 valence electrons. The molecule has 0 aromatic heterocycles. The molecule has 0 aliphatic rings. The summed E-state index contributed by atoms with van der Waals surface area (Å²) in [4.78, 5) is 25.3. The molecule has 0 radical (unpaired) electrons. The van der Waals surface area contributed by atoms with Gasteiger partial charge < -0.3 is 22.6 Å². The minimum Gasteiger partial charge on any atom is -0.440 e. The van der Waals surface area contributed by atoms with Gasteiger partial charge in [-0.15, -0.1) is 0 Å². The van der Waals surface area contributed by atoms with Gasteiger partial charge in [-0.2, -0.15) is 0 Å². The largest absolute Gasteiger partial charge is 0.698 e. The molecule has 0 unspecified atom stereocenters. The van der Waals surface area contributed by atoms with E-state index < -0.39 is 36.7 Å². The van der Waals surface area contributed by atoms with Crippen LogP contribution in [0.3, 0.4) is 0 Å². The molecule has 3 N–H and O–H groups in total. The summed E-state index contributed by atoms with van der Waals surface area (Å²) in [5, 5.41) is 0. The zero-order valence-electron chi connectivity index (χ0n) is 9.26. The van der Waals surface area contributed by atoms with Gasteiger partial charge in [-0.25, -0.2) is 4.58 Å². The van der Waals surface area contributed by atoms with Gasteiger partial charge in [-0.3, -0.25) is 4.58 Å². The van der Waals surface area contributed by atoms with Crippen LogP contribution in [0.15, 0.2) is 0 Å². The fourth-order valence-corrected chi connectivity index (χ4v) is 8.45. The van der Waals surface area contributed by atoms with E-state index in [1.807, 2.05) is 26.2 Å². The number of hydrogen-bond acceptors (Lipinski definition) is 7. The van der Waals surface area contributed by atoms with Crippen LogP contribution in [0.25, 0.3) is 0 Å². The molecule has 0 heterocycles. The van der Waals surface area contributed by atoms with Crippen molar-refractivity contribution in [1.82, 2.24) is 0 Å². The van der Waals surface area contributed by atoms with Crippen molar-refractivity contribution in [3.05, 3.63) is 0 Å². The summed E-state index contributed by atoms with van der Waals surface area (Å²) in [6.45, 7) is 7.81. The zero-order chi connectivity index (χ0) is 12.1. The van der Waals surface area contributed by atoms with Crippen molar-refractivity contribution < 1.29 is 31.8 Å². The average Bonchev–Trinajstić information content (AvgIpc) is 1.93. The Bertz CT molecular complexity index is 180. The fraction of sp³-hybridized carbons (Fsp3) is 1.00. The Morgan fingerprint density at radius 3 is 2.07 bits per heavy atom. The molecule has 0 aliphatic carbocycles. The maximum atomic E-state index is 8.45. The van der Waals surface area contributed by atoms with Gasteiger partial charge in [0, 0.05) is 0 Å². The predicted molar refractivity (Wildman–Crippen MR) is 61.7 cm³/mol. The van der Waals surface area contributed by atoms with Crippen molar-refractivity contribution >= 4 is 36.7 Å². The quantitative estimate of drug-likeness (QED) is 0.217. The summed E-state index contributed by atoms with van der Waals surface area (Å²) in [5.41, 5.74) is 0. The molecule has 0 fully saturated rings. The highest BCUT2D eigenvalue weighted by molar-refractivity contribution is 6.75. The van der Waals surface area contributed by atoms with Crippen molar-refractivity contribution in [3.63, 3.8) is 0 Å². The summed E-state index contributed by atoms with van der Waals surface area (Å²) in [7, 11) is -9.43. The first-order chi connectivity index (χ1) is 6.62. The van der Waals surface area contributed by atoms with E-state index in [1.54, 1.807) is 0 Å². The summed E-state index contributed by atoms with van der Waals surface area (Å²) >= 11 is 0. The molecular weight excluding hydrogens is 272 g/mol. The standard InChI is InChI=1S/C4H18O7Si4/c1-13(2)11-14(3,4)10-12-8-9-15(5,6)7/h5-7,13H,12H2,1-4H3. The van der Waals surface area contributed by atoms with Crippen LogP contribution in [0.4, 0.5) is 0 Å². The third-order valence-corrected chi connectivity index (χ3v) is 9.34.